The van der Waals surface area contributed by atoms with Gasteiger partial charge < -0.3 is 9.80 Å². The molecule has 1 fully saturated rings. The first-order chi connectivity index (χ1) is 9.79. The zero-order valence-electron chi connectivity index (χ0n) is 11.6. The van der Waals surface area contributed by atoms with Crippen molar-refractivity contribution in [1.82, 2.24) is 24.9 Å². The van der Waals surface area contributed by atoms with Crippen molar-refractivity contribution in [1.29, 1.82) is 0 Å². The third-order valence-corrected chi connectivity index (χ3v) is 4.20. The average molecular weight is 270 g/mol. The van der Waals surface area contributed by atoms with Gasteiger partial charge in [0.2, 0.25) is 0 Å². The Hall–Kier alpha value is -1.95. The van der Waals surface area contributed by atoms with Crippen molar-refractivity contribution in [2.75, 3.05) is 31.6 Å². The first-order valence-corrected chi connectivity index (χ1v) is 7.08. The Balaban J connectivity index is 1.49. The lowest BCUT2D eigenvalue weighted by Crippen LogP contribution is -2.48. The molecular formula is C14H18N6. The second-order valence-corrected chi connectivity index (χ2v) is 5.71. The largest absolute Gasteiger partial charge is 0.351 e. The molecule has 2 aromatic rings. The number of fused-ring (bicyclic) bond motifs is 1. The molecule has 6 heteroatoms. The Morgan fingerprint density at radius 2 is 2.15 bits per heavy atom. The fourth-order valence-electron chi connectivity index (χ4n) is 2.92. The molecule has 0 spiro atoms. The molecule has 0 aliphatic carbocycles. The third kappa shape index (κ3) is 1.96. The fourth-order valence-corrected chi connectivity index (χ4v) is 2.92. The maximum Gasteiger partial charge on any atom is 0.151 e. The van der Waals surface area contributed by atoms with Crippen LogP contribution in [0.4, 0.5) is 5.82 Å². The molecule has 0 radical (unpaired) electrons. The van der Waals surface area contributed by atoms with Crippen molar-refractivity contribution < 1.29 is 0 Å². The summed E-state index contributed by atoms with van der Waals surface area (Å²) < 4.78 is 2.02. The van der Waals surface area contributed by atoms with E-state index < -0.39 is 0 Å². The second kappa shape index (κ2) is 4.56. The number of rotatable bonds is 2. The van der Waals surface area contributed by atoms with Gasteiger partial charge in [0.1, 0.15) is 0 Å². The lowest BCUT2D eigenvalue weighted by Gasteiger charge is -2.40. The summed E-state index contributed by atoms with van der Waals surface area (Å²) in [4.78, 5) is 4.60. The number of aromatic nitrogens is 4. The summed E-state index contributed by atoms with van der Waals surface area (Å²) in [5.41, 5.74) is 2.49. The van der Waals surface area contributed by atoms with Crippen LogP contribution in [0.1, 0.15) is 17.3 Å². The molecule has 0 aromatic carbocycles. The maximum absolute atomic E-state index is 4.40. The molecule has 2 aromatic heterocycles. The van der Waals surface area contributed by atoms with E-state index in [4.69, 9.17) is 0 Å². The molecule has 2 aliphatic rings. The van der Waals surface area contributed by atoms with Crippen LogP contribution in [-0.4, -0.2) is 51.6 Å². The second-order valence-electron chi connectivity index (χ2n) is 5.71. The van der Waals surface area contributed by atoms with Gasteiger partial charge in [0, 0.05) is 45.0 Å². The first kappa shape index (κ1) is 11.8. The minimum atomic E-state index is 0.463. The van der Waals surface area contributed by atoms with E-state index in [1.165, 1.54) is 5.56 Å². The van der Waals surface area contributed by atoms with Gasteiger partial charge in [0.25, 0.3) is 0 Å². The summed E-state index contributed by atoms with van der Waals surface area (Å²) in [6, 6.07) is 4.64. The number of likely N-dealkylation sites (N-methyl/N-ethyl adjacent to an activating group) is 1. The molecule has 20 heavy (non-hydrogen) atoms. The zero-order valence-corrected chi connectivity index (χ0v) is 11.6. The normalized spacial score (nSPS) is 19.8. The van der Waals surface area contributed by atoms with Gasteiger partial charge in [0.05, 0.1) is 11.7 Å². The van der Waals surface area contributed by atoms with Crippen molar-refractivity contribution in [2.24, 2.45) is 0 Å². The van der Waals surface area contributed by atoms with Gasteiger partial charge in [0.15, 0.2) is 5.82 Å². The quantitative estimate of drug-likeness (QED) is 0.805. The van der Waals surface area contributed by atoms with Crippen LogP contribution in [0.25, 0.3) is 0 Å². The molecule has 1 saturated heterocycles. The molecule has 4 heterocycles. The van der Waals surface area contributed by atoms with Crippen molar-refractivity contribution in [2.45, 2.75) is 19.0 Å². The summed E-state index contributed by atoms with van der Waals surface area (Å²) in [6.45, 7) is 3.98. The molecule has 2 aliphatic heterocycles. The summed E-state index contributed by atoms with van der Waals surface area (Å²) in [5.74, 6) is 1.00. The number of hydrogen-bond acceptors (Lipinski definition) is 5. The number of nitrogens with zero attached hydrogens (tertiary/aromatic N) is 6. The Labute approximate surface area is 118 Å². The van der Waals surface area contributed by atoms with Crippen LogP contribution in [0.15, 0.2) is 24.5 Å². The van der Waals surface area contributed by atoms with E-state index in [1.807, 2.05) is 23.1 Å². The van der Waals surface area contributed by atoms with E-state index in [2.05, 4.69) is 38.2 Å². The monoisotopic (exact) mass is 270 g/mol. The Morgan fingerprint density at radius 1 is 1.25 bits per heavy atom. The van der Waals surface area contributed by atoms with Crippen LogP contribution in [0.2, 0.25) is 0 Å². The predicted molar refractivity (Wildman–Crippen MR) is 75.5 cm³/mol. The Morgan fingerprint density at radius 3 is 2.95 bits per heavy atom. The Bertz CT molecular complexity index is 602. The predicted octanol–water partition coefficient (Wildman–Crippen LogP) is 0.722. The lowest BCUT2D eigenvalue weighted by molar-refractivity contribution is 0.308. The van der Waals surface area contributed by atoms with E-state index in [0.29, 0.717) is 6.04 Å². The van der Waals surface area contributed by atoms with Crippen LogP contribution in [-0.2, 0) is 13.0 Å². The minimum Gasteiger partial charge on any atom is -0.351 e. The summed E-state index contributed by atoms with van der Waals surface area (Å²) in [6.07, 6.45) is 4.86. The van der Waals surface area contributed by atoms with Crippen LogP contribution < -0.4 is 4.90 Å². The summed E-state index contributed by atoms with van der Waals surface area (Å²) in [5, 5.41) is 13.1. The molecule has 0 N–H and O–H groups in total. The minimum absolute atomic E-state index is 0.463. The zero-order chi connectivity index (χ0) is 13.5. The number of hydrogen-bond donors (Lipinski definition) is 0. The highest BCUT2D eigenvalue weighted by Crippen LogP contribution is 2.27. The van der Waals surface area contributed by atoms with Crippen molar-refractivity contribution in [3.8, 4) is 0 Å². The number of anilines is 1. The molecule has 0 saturated carbocycles. The molecule has 0 unspecified atom stereocenters. The van der Waals surface area contributed by atoms with E-state index in [1.54, 1.807) is 0 Å². The van der Waals surface area contributed by atoms with Crippen molar-refractivity contribution >= 4 is 5.82 Å². The fraction of sp³-hybridized carbons (Fsp3) is 0.500. The summed E-state index contributed by atoms with van der Waals surface area (Å²) in [7, 11) is 2.15. The molecule has 0 atom stereocenters. The van der Waals surface area contributed by atoms with E-state index in [9.17, 15) is 0 Å². The molecule has 0 amide bonds. The van der Waals surface area contributed by atoms with Crippen molar-refractivity contribution in [3.63, 3.8) is 0 Å². The van der Waals surface area contributed by atoms with E-state index >= 15 is 0 Å². The SMILES string of the molecule is CN1CCc2nnc(N3CC(n4cccn4)C3)cc2C1. The van der Waals surface area contributed by atoms with Crippen LogP contribution in [0, 0.1) is 0 Å². The van der Waals surface area contributed by atoms with E-state index in [0.717, 1.165) is 44.1 Å². The molecular weight excluding hydrogens is 252 g/mol. The first-order valence-electron chi connectivity index (χ1n) is 7.08. The molecule has 0 bridgehead atoms. The van der Waals surface area contributed by atoms with Gasteiger partial charge in [-0.05, 0) is 24.7 Å². The topological polar surface area (TPSA) is 50.1 Å². The van der Waals surface area contributed by atoms with Crippen LogP contribution in [0.3, 0.4) is 0 Å². The third-order valence-electron chi connectivity index (χ3n) is 4.20. The van der Waals surface area contributed by atoms with Gasteiger partial charge in [-0.3, -0.25) is 4.68 Å². The van der Waals surface area contributed by atoms with Crippen molar-refractivity contribution in [3.05, 3.63) is 35.8 Å². The van der Waals surface area contributed by atoms with Gasteiger partial charge in [-0.2, -0.15) is 10.2 Å². The molecule has 6 nitrogen and oxygen atoms in total. The maximum atomic E-state index is 4.40. The smallest absolute Gasteiger partial charge is 0.151 e. The van der Waals surface area contributed by atoms with Gasteiger partial charge in [-0.1, -0.05) is 0 Å². The molecule has 4 rings (SSSR count). The highest BCUT2D eigenvalue weighted by molar-refractivity contribution is 5.44. The highest BCUT2D eigenvalue weighted by atomic mass is 15.4. The summed E-state index contributed by atoms with van der Waals surface area (Å²) >= 11 is 0. The van der Waals surface area contributed by atoms with Gasteiger partial charge in [-0.15, -0.1) is 5.10 Å². The Kier molecular flexibility index (Phi) is 2.70. The lowest BCUT2D eigenvalue weighted by atomic mass is 10.1. The van der Waals surface area contributed by atoms with Crippen LogP contribution >= 0.6 is 0 Å². The van der Waals surface area contributed by atoms with Gasteiger partial charge in [-0.25, -0.2) is 0 Å². The van der Waals surface area contributed by atoms with E-state index in [-0.39, 0.29) is 0 Å². The highest BCUT2D eigenvalue weighted by Gasteiger charge is 2.30. The molecule has 104 valence electrons. The van der Waals surface area contributed by atoms with Gasteiger partial charge >= 0.3 is 0 Å². The standard InChI is InChI=1S/C14H18N6/c1-18-6-3-13-11(8-18)7-14(17-16-13)19-9-12(10-19)20-5-2-4-15-20/h2,4-5,7,12H,3,6,8-10H2,1H3. The van der Waals surface area contributed by atoms with Crippen LogP contribution in [0.5, 0.6) is 0 Å². The average Bonchev–Trinajstić information content (AvgIpc) is 2.90.